The van der Waals surface area contributed by atoms with Crippen molar-refractivity contribution in [2.45, 2.75) is 26.8 Å². The van der Waals surface area contributed by atoms with Gasteiger partial charge in [-0.2, -0.15) is 0 Å². The van der Waals surface area contributed by atoms with Gasteiger partial charge in [-0.3, -0.25) is 9.36 Å². The lowest BCUT2D eigenvalue weighted by molar-refractivity contribution is -0.139. The predicted octanol–water partition coefficient (Wildman–Crippen LogP) is 3.97. The molecule has 35 heavy (non-hydrogen) atoms. The maximum atomic E-state index is 13.7. The van der Waals surface area contributed by atoms with Crippen molar-refractivity contribution in [3.63, 3.8) is 0 Å². The Hall–Kier alpha value is -3.17. The molecule has 0 amide bonds. The Morgan fingerprint density at radius 2 is 1.91 bits per heavy atom. The van der Waals surface area contributed by atoms with Crippen molar-refractivity contribution in [2.75, 3.05) is 20.3 Å². The second-order valence-corrected chi connectivity index (χ2v) is 9.53. The van der Waals surface area contributed by atoms with E-state index >= 15 is 0 Å². The van der Waals surface area contributed by atoms with Crippen LogP contribution in [0.4, 0.5) is 0 Å². The lowest BCUT2D eigenvalue weighted by atomic mass is 9.96. The molecule has 7 nitrogen and oxygen atoms in total. The van der Waals surface area contributed by atoms with E-state index in [9.17, 15) is 9.59 Å². The molecule has 0 N–H and O–H groups in total. The van der Waals surface area contributed by atoms with Crippen LogP contribution in [0.3, 0.4) is 0 Å². The van der Waals surface area contributed by atoms with Crippen molar-refractivity contribution in [1.29, 1.82) is 0 Å². The Morgan fingerprint density at radius 1 is 1.17 bits per heavy atom. The minimum Gasteiger partial charge on any atom is -0.493 e. The number of benzene rings is 2. The lowest BCUT2D eigenvalue weighted by Crippen LogP contribution is -2.39. The van der Waals surface area contributed by atoms with Gasteiger partial charge in [-0.15, -0.1) is 0 Å². The number of thiazole rings is 1. The number of nitrogens with zero attached hydrogens (tertiary/aromatic N) is 2. The van der Waals surface area contributed by atoms with E-state index in [0.29, 0.717) is 38.7 Å². The number of ether oxygens (including phenoxy) is 3. The van der Waals surface area contributed by atoms with Gasteiger partial charge in [0.1, 0.15) is 0 Å². The van der Waals surface area contributed by atoms with E-state index in [0.717, 1.165) is 15.6 Å². The maximum absolute atomic E-state index is 13.7. The van der Waals surface area contributed by atoms with Crippen LogP contribution in [-0.4, -0.2) is 30.9 Å². The first-order valence-electron chi connectivity index (χ1n) is 11.1. The Balaban J connectivity index is 1.92. The smallest absolute Gasteiger partial charge is 0.338 e. The van der Waals surface area contributed by atoms with Crippen LogP contribution in [0.1, 0.15) is 37.9 Å². The molecule has 2 heterocycles. The van der Waals surface area contributed by atoms with Crippen LogP contribution >= 0.6 is 27.3 Å². The zero-order valence-corrected chi connectivity index (χ0v) is 22.2. The Bertz CT molecular complexity index is 1470. The molecule has 0 saturated heterocycles. The summed E-state index contributed by atoms with van der Waals surface area (Å²) in [7, 11) is 1.57. The van der Waals surface area contributed by atoms with Crippen LogP contribution in [-0.2, 0) is 9.53 Å². The first-order valence-corrected chi connectivity index (χ1v) is 12.7. The highest BCUT2D eigenvalue weighted by Crippen LogP contribution is 2.34. The SMILES string of the molecule is CCOC(=O)C1=C(C)N=c2s/c(=C/c3cc(OC)c(OCC)cc3Br)c(=O)n2[C@H]1c1ccccc1. The fourth-order valence-corrected chi connectivity index (χ4v) is 5.45. The highest BCUT2D eigenvalue weighted by atomic mass is 79.9. The van der Waals surface area contributed by atoms with Gasteiger partial charge in [-0.05, 0) is 50.1 Å². The Morgan fingerprint density at radius 3 is 2.57 bits per heavy atom. The number of rotatable bonds is 7. The summed E-state index contributed by atoms with van der Waals surface area (Å²) in [5.41, 5.74) is 2.22. The van der Waals surface area contributed by atoms with Crippen LogP contribution in [0.25, 0.3) is 6.08 Å². The standard InChI is InChI=1S/C26H25BrN2O5S/c1-5-33-20-14-18(27)17(12-19(20)32-4)13-21-24(30)29-23(16-10-8-7-9-11-16)22(25(31)34-6-2)15(3)28-26(29)35-21/h7-14,23H,5-6H2,1-4H3/b21-13+/t23-/m0/s1. The molecular weight excluding hydrogens is 532 g/mol. The third-order valence-electron chi connectivity index (χ3n) is 5.50. The van der Waals surface area contributed by atoms with Crippen molar-refractivity contribution in [1.82, 2.24) is 4.57 Å². The molecule has 0 spiro atoms. The van der Waals surface area contributed by atoms with Gasteiger partial charge in [0.2, 0.25) is 0 Å². The van der Waals surface area contributed by atoms with E-state index in [4.69, 9.17) is 14.2 Å². The second-order valence-electron chi connectivity index (χ2n) is 7.67. The van der Waals surface area contributed by atoms with Gasteiger partial charge in [0.15, 0.2) is 16.3 Å². The van der Waals surface area contributed by atoms with Gasteiger partial charge in [0.05, 0.1) is 42.2 Å². The molecule has 1 aliphatic heterocycles. The summed E-state index contributed by atoms with van der Waals surface area (Å²) in [4.78, 5) is 31.8. The molecule has 0 bridgehead atoms. The highest BCUT2D eigenvalue weighted by molar-refractivity contribution is 9.10. The molecule has 0 saturated carbocycles. The molecule has 0 unspecified atom stereocenters. The number of aromatic nitrogens is 1. The number of carbonyl (C=O) groups excluding carboxylic acids is 1. The van der Waals surface area contributed by atoms with Crippen molar-refractivity contribution in [3.05, 3.63) is 89.0 Å². The first-order chi connectivity index (χ1) is 16.9. The fourth-order valence-electron chi connectivity index (χ4n) is 3.97. The zero-order chi connectivity index (χ0) is 25.1. The van der Waals surface area contributed by atoms with Gasteiger partial charge in [-0.1, -0.05) is 57.6 Å². The summed E-state index contributed by atoms with van der Waals surface area (Å²) in [6.07, 6.45) is 1.79. The molecule has 182 valence electrons. The van der Waals surface area contributed by atoms with Crippen LogP contribution in [0, 0.1) is 0 Å². The number of fused-ring (bicyclic) bond motifs is 1. The molecule has 1 atom stereocenters. The summed E-state index contributed by atoms with van der Waals surface area (Å²) in [5.74, 6) is 0.701. The quantitative estimate of drug-likeness (QED) is 0.411. The summed E-state index contributed by atoms with van der Waals surface area (Å²) >= 11 is 4.85. The zero-order valence-electron chi connectivity index (χ0n) is 19.8. The average molecular weight is 557 g/mol. The number of carbonyl (C=O) groups is 1. The number of methoxy groups -OCH3 is 1. The molecular formula is C26H25BrN2O5S. The third-order valence-corrected chi connectivity index (χ3v) is 7.17. The number of hydrogen-bond donors (Lipinski definition) is 0. The molecule has 2 aromatic carbocycles. The van der Waals surface area contributed by atoms with Crippen molar-refractivity contribution in [3.8, 4) is 11.5 Å². The molecule has 3 aromatic rings. The van der Waals surface area contributed by atoms with E-state index in [-0.39, 0.29) is 12.2 Å². The lowest BCUT2D eigenvalue weighted by Gasteiger charge is -2.24. The van der Waals surface area contributed by atoms with Crippen molar-refractivity contribution in [2.24, 2.45) is 4.99 Å². The van der Waals surface area contributed by atoms with Crippen LogP contribution < -0.4 is 24.4 Å². The monoisotopic (exact) mass is 556 g/mol. The fraction of sp³-hybridized carbons (Fsp3) is 0.269. The normalized spacial score (nSPS) is 15.5. The van der Waals surface area contributed by atoms with E-state index < -0.39 is 12.0 Å². The molecule has 0 radical (unpaired) electrons. The molecule has 4 rings (SSSR count). The summed E-state index contributed by atoms with van der Waals surface area (Å²) in [6, 6.07) is 12.5. The van der Waals surface area contributed by atoms with Gasteiger partial charge < -0.3 is 14.2 Å². The minimum absolute atomic E-state index is 0.231. The van der Waals surface area contributed by atoms with Crippen molar-refractivity contribution < 1.29 is 19.0 Å². The van der Waals surface area contributed by atoms with E-state index in [1.807, 2.05) is 49.4 Å². The molecule has 1 aromatic heterocycles. The number of hydrogen-bond acceptors (Lipinski definition) is 7. The largest absolute Gasteiger partial charge is 0.493 e. The second kappa shape index (κ2) is 10.6. The summed E-state index contributed by atoms with van der Waals surface area (Å²) in [6.45, 7) is 6.16. The average Bonchev–Trinajstić information content (AvgIpc) is 3.15. The van der Waals surface area contributed by atoms with E-state index in [2.05, 4.69) is 20.9 Å². The number of halogens is 1. The van der Waals surface area contributed by atoms with Gasteiger partial charge >= 0.3 is 5.97 Å². The van der Waals surface area contributed by atoms with Gasteiger partial charge in [-0.25, -0.2) is 9.79 Å². The van der Waals surface area contributed by atoms with Gasteiger partial charge in [0, 0.05) is 4.47 Å². The topological polar surface area (TPSA) is 79.1 Å². The summed E-state index contributed by atoms with van der Waals surface area (Å²) < 4.78 is 19.2. The number of allylic oxidation sites excluding steroid dienone is 1. The van der Waals surface area contributed by atoms with Crippen LogP contribution in [0.15, 0.2) is 68.0 Å². The minimum atomic E-state index is -0.632. The Labute approximate surface area is 215 Å². The number of esters is 1. The Kier molecular flexibility index (Phi) is 7.57. The molecule has 9 heteroatoms. The molecule has 1 aliphatic rings. The van der Waals surface area contributed by atoms with E-state index in [1.165, 1.54) is 11.3 Å². The maximum Gasteiger partial charge on any atom is 0.338 e. The molecule has 0 fully saturated rings. The van der Waals surface area contributed by atoms with Crippen LogP contribution in [0.5, 0.6) is 11.5 Å². The van der Waals surface area contributed by atoms with Crippen LogP contribution in [0.2, 0.25) is 0 Å². The highest BCUT2D eigenvalue weighted by Gasteiger charge is 2.33. The van der Waals surface area contributed by atoms with Gasteiger partial charge in [0.25, 0.3) is 5.56 Å². The predicted molar refractivity (Wildman–Crippen MR) is 139 cm³/mol. The third kappa shape index (κ3) is 4.83. The molecule has 0 aliphatic carbocycles. The van der Waals surface area contributed by atoms with Crippen molar-refractivity contribution >= 4 is 39.3 Å². The van der Waals surface area contributed by atoms with E-state index in [1.54, 1.807) is 31.6 Å². The summed E-state index contributed by atoms with van der Waals surface area (Å²) in [5, 5.41) is 0. The first kappa shape index (κ1) is 24.9.